The average Bonchev–Trinajstić information content (AvgIpc) is 2.72. The van der Waals surface area contributed by atoms with Crippen molar-refractivity contribution in [3.05, 3.63) is 71.3 Å². The minimum atomic E-state index is -0.293. The zero-order valence-corrected chi connectivity index (χ0v) is 17.5. The summed E-state index contributed by atoms with van der Waals surface area (Å²) >= 11 is 0. The van der Waals surface area contributed by atoms with Gasteiger partial charge in [-0.3, -0.25) is 9.59 Å². The van der Waals surface area contributed by atoms with Crippen LogP contribution in [0.15, 0.2) is 54.6 Å². The minimum Gasteiger partial charge on any atom is -0.373 e. The predicted molar refractivity (Wildman–Crippen MR) is 114 cm³/mol. The number of likely N-dealkylation sites (tertiary alicyclic amines) is 1. The van der Waals surface area contributed by atoms with Gasteiger partial charge in [-0.25, -0.2) is 0 Å². The third-order valence-corrected chi connectivity index (χ3v) is 4.94. The highest BCUT2D eigenvalue weighted by molar-refractivity contribution is 5.98. The lowest BCUT2D eigenvalue weighted by Crippen LogP contribution is -2.41. The standard InChI is InChI=1S/C24H30N2O3/c1-24(2,3)25-22(27)19-9-11-20(12-10-19)23(28)26-15-13-21(14-16-26)29-17-18-7-5-4-6-8-18/h4-12,21H,13-17H2,1-3H3,(H,25,27). The maximum absolute atomic E-state index is 12.8. The molecule has 1 N–H and O–H groups in total. The maximum atomic E-state index is 12.8. The van der Waals surface area contributed by atoms with E-state index in [1.807, 2.05) is 43.9 Å². The summed E-state index contributed by atoms with van der Waals surface area (Å²) in [6.07, 6.45) is 1.86. The SMILES string of the molecule is CC(C)(C)NC(=O)c1ccc(C(=O)N2CCC(OCc3ccccc3)CC2)cc1. The fourth-order valence-corrected chi connectivity index (χ4v) is 3.37. The number of carbonyl (C=O) groups excluding carboxylic acids is 2. The van der Waals surface area contributed by atoms with Gasteiger partial charge in [0.2, 0.25) is 0 Å². The number of carbonyl (C=O) groups is 2. The largest absolute Gasteiger partial charge is 0.373 e. The van der Waals surface area contributed by atoms with Gasteiger partial charge in [0.15, 0.2) is 0 Å². The number of hydrogen-bond acceptors (Lipinski definition) is 3. The molecule has 154 valence electrons. The smallest absolute Gasteiger partial charge is 0.253 e. The molecule has 1 fully saturated rings. The molecule has 1 aliphatic rings. The lowest BCUT2D eigenvalue weighted by atomic mass is 10.0. The number of ether oxygens (including phenoxy) is 1. The average molecular weight is 395 g/mol. The van der Waals surface area contributed by atoms with Crippen molar-refractivity contribution in [3.63, 3.8) is 0 Å². The summed E-state index contributed by atoms with van der Waals surface area (Å²) in [6, 6.07) is 17.0. The van der Waals surface area contributed by atoms with Gasteiger partial charge in [-0.15, -0.1) is 0 Å². The molecule has 0 aliphatic carbocycles. The van der Waals surface area contributed by atoms with Crippen molar-refractivity contribution in [2.24, 2.45) is 0 Å². The molecule has 0 bridgehead atoms. The van der Waals surface area contributed by atoms with Gasteiger partial charge in [-0.1, -0.05) is 30.3 Å². The Bertz CT molecular complexity index is 817. The topological polar surface area (TPSA) is 58.6 Å². The highest BCUT2D eigenvalue weighted by Crippen LogP contribution is 2.18. The zero-order valence-electron chi connectivity index (χ0n) is 17.5. The number of amides is 2. The molecule has 0 aromatic heterocycles. The van der Waals surface area contributed by atoms with Crippen LogP contribution in [-0.4, -0.2) is 41.4 Å². The van der Waals surface area contributed by atoms with Gasteiger partial charge in [0.1, 0.15) is 0 Å². The molecule has 2 amide bonds. The van der Waals surface area contributed by atoms with Gasteiger partial charge in [-0.2, -0.15) is 0 Å². The number of nitrogens with one attached hydrogen (secondary N) is 1. The molecule has 29 heavy (non-hydrogen) atoms. The summed E-state index contributed by atoms with van der Waals surface area (Å²) < 4.78 is 6.00. The Hall–Kier alpha value is -2.66. The molecule has 2 aromatic rings. The van der Waals surface area contributed by atoms with Crippen molar-refractivity contribution in [3.8, 4) is 0 Å². The van der Waals surface area contributed by atoms with E-state index < -0.39 is 0 Å². The van der Waals surface area contributed by atoms with Crippen LogP contribution in [0.1, 0.15) is 59.9 Å². The summed E-state index contributed by atoms with van der Waals surface area (Å²) in [4.78, 5) is 26.9. The van der Waals surface area contributed by atoms with E-state index in [4.69, 9.17) is 4.74 Å². The first-order chi connectivity index (χ1) is 13.8. The molecule has 5 nitrogen and oxygen atoms in total. The molecule has 1 saturated heterocycles. The number of piperidine rings is 1. The first kappa shape index (κ1) is 21.1. The van der Waals surface area contributed by atoms with Gasteiger partial charge in [0.25, 0.3) is 11.8 Å². The number of rotatable bonds is 5. The van der Waals surface area contributed by atoms with E-state index >= 15 is 0 Å². The molecule has 0 radical (unpaired) electrons. The van der Waals surface area contributed by atoms with Gasteiger partial charge in [0.05, 0.1) is 12.7 Å². The number of nitrogens with zero attached hydrogens (tertiary/aromatic N) is 1. The summed E-state index contributed by atoms with van der Waals surface area (Å²) in [7, 11) is 0. The van der Waals surface area contributed by atoms with Crippen molar-refractivity contribution in [2.75, 3.05) is 13.1 Å². The first-order valence-corrected chi connectivity index (χ1v) is 10.2. The van der Waals surface area contributed by atoms with Crippen LogP contribution in [0.2, 0.25) is 0 Å². The normalized spacial score (nSPS) is 15.2. The quantitative estimate of drug-likeness (QED) is 0.833. The molecule has 0 atom stereocenters. The van der Waals surface area contributed by atoms with Gasteiger partial charge in [0, 0.05) is 29.8 Å². The predicted octanol–water partition coefficient (Wildman–Crippen LogP) is 4.04. The second-order valence-corrected chi connectivity index (χ2v) is 8.57. The number of hydrogen-bond donors (Lipinski definition) is 1. The molecule has 0 unspecified atom stereocenters. The fraction of sp³-hybridized carbons (Fsp3) is 0.417. The van der Waals surface area contributed by atoms with Gasteiger partial charge in [-0.05, 0) is 63.4 Å². The van der Waals surface area contributed by atoms with Crippen LogP contribution in [0.3, 0.4) is 0 Å². The molecule has 3 rings (SSSR count). The van der Waals surface area contributed by atoms with Gasteiger partial charge >= 0.3 is 0 Å². The first-order valence-electron chi connectivity index (χ1n) is 10.2. The molecule has 0 spiro atoms. The summed E-state index contributed by atoms with van der Waals surface area (Å²) in [6.45, 7) is 7.80. The zero-order chi connectivity index (χ0) is 20.9. The Morgan fingerprint density at radius 1 is 0.966 bits per heavy atom. The monoisotopic (exact) mass is 394 g/mol. The Labute approximate surface area is 173 Å². The van der Waals surface area contributed by atoms with Crippen LogP contribution in [0.5, 0.6) is 0 Å². The van der Waals surface area contributed by atoms with Crippen molar-refractivity contribution in [2.45, 2.75) is 51.9 Å². The molecular formula is C24H30N2O3. The lowest BCUT2D eigenvalue weighted by molar-refractivity contribution is -0.000385. The van der Waals surface area contributed by atoms with Crippen LogP contribution in [-0.2, 0) is 11.3 Å². The van der Waals surface area contributed by atoms with Gasteiger partial charge < -0.3 is 15.0 Å². The third kappa shape index (κ3) is 6.16. The highest BCUT2D eigenvalue weighted by atomic mass is 16.5. The second-order valence-electron chi connectivity index (χ2n) is 8.57. The van der Waals surface area contributed by atoms with E-state index in [0.29, 0.717) is 30.8 Å². The summed E-state index contributed by atoms with van der Waals surface area (Å²) in [5, 5.41) is 2.93. The molecule has 1 heterocycles. The Kier molecular flexibility index (Phi) is 6.70. The highest BCUT2D eigenvalue weighted by Gasteiger charge is 2.24. The maximum Gasteiger partial charge on any atom is 0.253 e. The Morgan fingerprint density at radius 3 is 2.14 bits per heavy atom. The summed E-state index contributed by atoms with van der Waals surface area (Å²) in [5.74, 6) is -0.123. The summed E-state index contributed by atoms with van der Waals surface area (Å²) in [5.41, 5.74) is 2.05. The van der Waals surface area contributed by atoms with Crippen molar-refractivity contribution < 1.29 is 14.3 Å². The third-order valence-electron chi connectivity index (χ3n) is 4.94. The molecular weight excluding hydrogens is 364 g/mol. The van der Waals surface area contributed by atoms with Crippen LogP contribution in [0.4, 0.5) is 0 Å². The lowest BCUT2D eigenvalue weighted by Gasteiger charge is -2.32. The Balaban J connectivity index is 1.49. The molecule has 2 aromatic carbocycles. The van der Waals surface area contributed by atoms with E-state index in [-0.39, 0.29) is 23.5 Å². The van der Waals surface area contributed by atoms with E-state index in [1.54, 1.807) is 24.3 Å². The van der Waals surface area contributed by atoms with Crippen LogP contribution in [0.25, 0.3) is 0 Å². The van der Waals surface area contributed by atoms with Crippen LogP contribution >= 0.6 is 0 Å². The fourth-order valence-electron chi connectivity index (χ4n) is 3.37. The molecule has 1 aliphatic heterocycles. The van der Waals surface area contributed by atoms with E-state index in [1.165, 1.54) is 5.56 Å². The van der Waals surface area contributed by atoms with E-state index in [0.717, 1.165) is 12.8 Å². The van der Waals surface area contributed by atoms with E-state index in [2.05, 4.69) is 17.4 Å². The van der Waals surface area contributed by atoms with Crippen LogP contribution in [0, 0.1) is 0 Å². The van der Waals surface area contributed by atoms with Crippen LogP contribution < -0.4 is 5.32 Å². The second kappa shape index (κ2) is 9.23. The van der Waals surface area contributed by atoms with E-state index in [9.17, 15) is 9.59 Å². The van der Waals surface area contributed by atoms with Crippen molar-refractivity contribution in [1.29, 1.82) is 0 Å². The van der Waals surface area contributed by atoms with Crippen molar-refractivity contribution in [1.82, 2.24) is 10.2 Å². The number of benzene rings is 2. The Morgan fingerprint density at radius 2 is 1.55 bits per heavy atom. The minimum absolute atomic E-state index is 0.00860. The molecule has 5 heteroatoms. The van der Waals surface area contributed by atoms with Crippen molar-refractivity contribution >= 4 is 11.8 Å². The molecule has 0 saturated carbocycles.